The van der Waals surface area contributed by atoms with Crippen LogP contribution in [0.5, 0.6) is 0 Å². The SMILES string of the molecule is Cc1ccc(C)n1-c1ccc(/C=N/Nc2ccc(C(F)(F)F)cc2Cl)cc1. The zero-order valence-corrected chi connectivity index (χ0v) is 15.4. The van der Waals surface area contributed by atoms with E-state index in [1.165, 1.54) is 6.07 Å². The maximum atomic E-state index is 12.6. The highest BCUT2D eigenvalue weighted by atomic mass is 35.5. The summed E-state index contributed by atoms with van der Waals surface area (Å²) in [5.41, 5.74) is 6.35. The maximum absolute atomic E-state index is 12.6. The summed E-state index contributed by atoms with van der Waals surface area (Å²) in [4.78, 5) is 0. The predicted molar refractivity (Wildman–Crippen MR) is 103 cm³/mol. The number of nitrogens with zero attached hydrogens (tertiary/aromatic N) is 2. The normalized spacial score (nSPS) is 11.9. The first-order valence-corrected chi connectivity index (χ1v) is 8.55. The second kappa shape index (κ2) is 7.48. The van der Waals surface area contributed by atoms with Gasteiger partial charge in [-0.1, -0.05) is 23.7 Å². The lowest BCUT2D eigenvalue weighted by atomic mass is 10.2. The zero-order valence-electron chi connectivity index (χ0n) is 14.7. The Bertz CT molecular complexity index is 954. The third kappa shape index (κ3) is 4.34. The summed E-state index contributed by atoms with van der Waals surface area (Å²) in [5.74, 6) is 0. The van der Waals surface area contributed by atoms with Crippen LogP contribution < -0.4 is 5.43 Å². The fraction of sp³-hybridized carbons (Fsp3) is 0.150. The number of halogens is 4. The van der Waals surface area contributed by atoms with E-state index in [-0.39, 0.29) is 5.02 Å². The van der Waals surface area contributed by atoms with Gasteiger partial charge in [-0.25, -0.2) is 0 Å². The smallest absolute Gasteiger partial charge is 0.319 e. The number of benzene rings is 2. The summed E-state index contributed by atoms with van der Waals surface area (Å²) in [6.45, 7) is 4.08. The molecule has 0 aliphatic rings. The molecule has 0 saturated heterocycles. The predicted octanol–water partition coefficient (Wildman–Crippen LogP) is 6.21. The number of anilines is 1. The van der Waals surface area contributed by atoms with E-state index in [2.05, 4.69) is 27.2 Å². The second-order valence-corrected chi connectivity index (χ2v) is 6.51. The van der Waals surface area contributed by atoms with E-state index in [1.54, 1.807) is 6.21 Å². The van der Waals surface area contributed by atoms with Gasteiger partial charge in [-0.3, -0.25) is 5.43 Å². The van der Waals surface area contributed by atoms with Crippen molar-refractivity contribution in [3.63, 3.8) is 0 Å². The minimum absolute atomic E-state index is 0.0455. The van der Waals surface area contributed by atoms with Gasteiger partial charge in [0.25, 0.3) is 0 Å². The molecule has 7 heteroatoms. The average Bonchev–Trinajstić information content (AvgIpc) is 2.95. The number of rotatable bonds is 4. The fourth-order valence-electron chi connectivity index (χ4n) is 2.74. The van der Waals surface area contributed by atoms with E-state index in [0.717, 1.165) is 34.8 Å². The van der Waals surface area contributed by atoms with Gasteiger partial charge in [0.15, 0.2) is 0 Å². The summed E-state index contributed by atoms with van der Waals surface area (Å²) < 4.78 is 40.1. The van der Waals surface area contributed by atoms with Crippen molar-refractivity contribution in [2.75, 3.05) is 5.43 Å². The molecule has 3 aromatic rings. The molecule has 0 unspecified atom stereocenters. The van der Waals surface area contributed by atoms with Gasteiger partial charge >= 0.3 is 6.18 Å². The molecule has 0 fully saturated rings. The molecule has 2 aromatic carbocycles. The number of nitrogens with one attached hydrogen (secondary N) is 1. The molecular weight excluding hydrogens is 375 g/mol. The molecule has 0 aliphatic carbocycles. The average molecular weight is 392 g/mol. The number of hydrazone groups is 1. The largest absolute Gasteiger partial charge is 0.416 e. The molecule has 0 atom stereocenters. The third-order valence-electron chi connectivity index (χ3n) is 4.12. The van der Waals surface area contributed by atoms with Gasteiger partial charge in [0.05, 0.1) is 22.5 Å². The molecule has 0 radical (unpaired) electrons. The van der Waals surface area contributed by atoms with Crippen molar-refractivity contribution in [1.82, 2.24) is 4.57 Å². The van der Waals surface area contributed by atoms with Crippen LogP contribution >= 0.6 is 11.6 Å². The summed E-state index contributed by atoms with van der Waals surface area (Å²) in [7, 11) is 0. The van der Waals surface area contributed by atoms with Crippen LogP contribution in [0.2, 0.25) is 5.02 Å². The summed E-state index contributed by atoms with van der Waals surface area (Å²) in [5, 5.41) is 4.00. The van der Waals surface area contributed by atoms with Crippen LogP contribution in [0.25, 0.3) is 5.69 Å². The van der Waals surface area contributed by atoms with Crippen molar-refractivity contribution in [2.45, 2.75) is 20.0 Å². The molecule has 3 rings (SSSR count). The van der Waals surface area contributed by atoms with Crippen molar-refractivity contribution in [2.24, 2.45) is 5.10 Å². The fourth-order valence-corrected chi connectivity index (χ4v) is 2.97. The topological polar surface area (TPSA) is 29.3 Å². The minimum atomic E-state index is -4.43. The van der Waals surface area contributed by atoms with Gasteiger partial charge in [-0.2, -0.15) is 18.3 Å². The van der Waals surface area contributed by atoms with E-state index in [1.807, 2.05) is 38.1 Å². The van der Waals surface area contributed by atoms with Crippen LogP contribution in [0.1, 0.15) is 22.5 Å². The summed E-state index contributed by atoms with van der Waals surface area (Å²) in [6, 6.07) is 15.0. The number of aromatic nitrogens is 1. The first-order chi connectivity index (χ1) is 12.8. The second-order valence-electron chi connectivity index (χ2n) is 6.11. The Hall–Kier alpha value is -2.73. The van der Waals surface area contributed by atoms with Crippen LogP contribution in [-0.2, 0) is 6.18 Å². The van der Waals surface area contributed by atoms with Crippen molar-refractivity contribution >= 4 is 23.5 Å². The minimum Gasteiger partial charge on any atom is -0.319 e. The van der Waals surface area contributed by atoms with Crippen LogP contribution in [0.4, 0.5) is 18.9 Å². The van der Waals surface area contributed by atoms with Crippen molar-refractivity contribution in [1.29, 1.82) is 0 Å². The molecule has 0 spiro atoms. The Morgan fingerprint density at radius 2 is 1.59 bits per heavy atom. The van der Waals surface area contributed by atoms with Gasteiger partial charge in [0.1, 0.15) is 0 Å². The number of hydrogen-bond donors (Lipinski definition) is 1. The molecule has 3 nitrogen and oxygen atoms in total. The van der Waals surface area contributed by atoms with E-state index in [0.29, 0.717) is 5.69 Å². The Morgan fingerprint density at radius 1 is 0.963 bits per heavy atom. The molecular formula is C20H17ClF3N3. The number of aryl methyl sites for hydroxylation is 2. The van der Waals surface area contributed by atoms with Crippen LogP contribution in [-0.4, -0.2) is 10.8 Å². The van der Waals surface area contributed by atoms with Gasteiger partial charge in [0.2, 0.25) is 0 Å². The maximum Gasteiger partial charge on any atom is 0.416 e. The van der Waals surface area contributed by atoms with E-state index in [4.69, 9.17) is 11.6 Å². The van der Waals surface area contributed by atoms with Gasteiger partial charge in [-0.15, -0.1) is 0 Å². The molecule has 27 heavy (non-hydrogen) atoms. The molecule has 1 N–H and O–H groups in total. The molecule has 0 aliphatic heterocycles. The quantitative estimate of drug-likeness (QED) is 0.415. The monoisotopic (exact) mass is 391 g/mol. The molecule has 1 heterocycles. The number of alkyl halides is 3. The first kappa shape index (κ1) is 19.0. The molecule has 140 valence electrons. The van der Waals surface area contributed by atoms with Gasteiger partial charge < -0.3 is 4.57 Å². The standard InChI is InChI=1S/C20H17ClF3N3/c1-13-3-4-14(2)27(13)17-8-5-15(6-9-17)12-25-26-19-10-7-16(11-18(19)21)20(22,23)24/h3-12,26H,1-2H3/b25-12+. The highest BCUT2D eigenvalue weighted by Gasteiger charge is 2.30. The first-order valence-electron chi connectivity index (χ1n) is 8.17. The zero-order chi connectivity index (χ0) is 19.6. The summed E-state index contributed by atoms with van der Waals surface area (Å²) >= 11 is 5.89. The lowest BCUT2D eigenvalue weighted by molar-refractivity contribution is -0.137. The van der Waals surface area contributed by atoms with Crippen molar-refractivity contribution in [3.05, 3.63) is 82.1 Å². The Morgan fingerprint density at radius 3 is 2.15 bits per heavy atom. The lowest BCUT2D eigenvalue weighted by Crippen LogP contribution is -2.05. The van der Waals surface area contributed by atoms with Gasteiger partial charge in [-0.05, 0) is 61.9 Å². The molecule has 0 bridgehead atoms. The van der Waals surface area contributed by atoms with E-state index >= 15 is 0 Å². The van der Waals surface area contributed by atoms with E-state index in [9.17, 15) is 13.2 Å². The van der Waals surface area contributed by atoms with Crippen LogP contribution in [0, 0.1) is 13.8 Å². The highest BCUT2D eigenvalue weighted by Crippen LogP contribution is 2.33. The van der Waals surface area contributed by atoms with Crippen molar-refractivity contribution in [3.8, 4) is 5.69 Å². The van der Waals surface area contributed by atoms with Crippen molar-refractivity contribution < 1.29 is 13.2 Å². The lowest BCUT2D eigenvalue weighted by Gasteiger charge is -2.10. The number of hydrogen-bond acceptors (Lipinski definition) is 2. The Balaban J connectivity index is 1.70. The molecule has 0 saturated carbocycles. The third-order valence-corrected chi connectivity index (χ3v) is 4.43. The Labute approximate surface area is 160 Å². The van der Waals surface area contributed by atoms with Crippen LogP contribution in [0.15, 0.2) is 59.7 Å². The van der Waals surface area contributed by atoms with Gasteiger partial charge in [0, 0.05) is 17.1 Å². The Kier molecular flexibility index (Phi) is 5.28. The molecule has 0 amide bonds. The van der Waals surface area contributed by atoms with E-state index < -0.39 is 11.7 Å². The molecule has 1 aromatic heterocycles. The highest BCUT2D eigenvalue weighted by molar-refractivity contribution is 6.33. The van der Waals surface area contributed by atoms with Crippen LogP contribution in [0.3, 0.4) is 0 Å². The summed E-state index contributed by atoms with van der Waals surface area (Å²) in [6.07, 6.45) is -2.85.